The second kappa shape index (κ2) is 9.82. The van der Waals surface area contributed by atoms with Gasteiger partial charge in [0.05, 0.1) is 0 Å². The van der Waals surface area contributed by atoms with E-state index in [4.69, 9.17) is 10.2 Å². The second-order valence-corrected chi connectivity index (χ2v) is 5.97. The molecule has 10 nitrogen and oxygen atoms in total. The standard InChI is InChI=1S/C20H21N5O5/c1-4-14(17(21)27)23-18(28)15(5-2)24-19(29)16-10-30-20(25-16)12-6-8-13(9-7-12)22-11(3)26/h4-10H,1-3H3,(H2,21,27)(H,22,26)(H,23,28)(H,24,29). The smallest absolute Gasteiger partial charge is 0.277 e. The first kappa shape index (κ1) is 22.1. The van der Waals surface area contributed by atoms with E-state index in [1.807, 2.05) is 0 Å². The third-order valence-electron chi connectivity index (χ3n) is 3.77. The summed E-state index contributed by atoms with van der Waals surface area (Å²) in [7, 11) is 0. The molecular formula is C20H21N5O5. The Hall–Kier alpha value is -4.21. The monoisotopic (exact) mass is 411 g/mol. The van der Waals surface area contributed by atoms with Crippen molar-refractivity contribution in [3.63, 3.8) is 0 Å². The maximum absolute atomic E-state index is 12.4. The van der Waals surface area contributed by atoms with Crippen molar-refractivity contribution < 1.29 is 23.6 Å². The summed E-state index contributed by atoms with van der Waals surface area (Å²) in [5.74, 6) is -2.21. The van der Waals surface area contributed by atoms with E-state index in [0.29, 0.717) is 11.3 Å². The minimum Gasteiger partial charge on any atom is -0.444 e. The molecule has 4 amide bonds. The van der Waals surface area contributed by atoms with E-state index in [1.54, 1.807) is 31.2 Å². The molecular weight excluding hydrogens is 390 g/mol. The van der Waals surface area contributed by atoms with Gasteiger partial charge in [0.1, 0.15) is 17.7 Å². The van der Waals surface area contributed by atoms with Gasteiger partial charge in [-0.1, -0.05) is 12.2 Å². The Balaban J connectivity index is 2.09. The molecule has 1 aromatic heterocycles. The van der Waals surface area contributed by atoms with Crippen LogP contribution in [0.15, 0.2) is 58.5 Å². The van der Waals surface area contributed by atoms with E-state index >= 15 is 0 Å². The lowest BCUT2D eigenvalue weighted by Crippen LogP contribution is -2.37. The maximum atomic E-state index is 12.4. The van der Waals surface area contributed by atoms with Crippen molar-refractivity contribution in [2.24, 2.45) is 5.73 Å². The van der Waals surface area contributed by atoms with Crippen LogP contribution in [0.3, 0.4) is 0 Å². The van der Waals surface area contributed by atoms with Gasteiger partial charge in [-0.2, -0.15) is 0 Å². The highest BCUT2D eigenvalue weighted by Gasteiger charge is 2.19. The Morgan fingerprint density at radius 2 is 1.63 bits per heavy atom. The Kier molecular flexibility index (Phi) is 7.23. The number of nitrogens with two attached hydrogens (primary N) is 1. The number of nitrogens with one attached hydrogen (secondary N) is 3. The predicted molar refractivity (Wildman–Crippen MR) is 109 cm³/mol. The number of benzene rings is 1. The Labute approximate surface area is 172 Å². The van der Waals surface area contributed by atoms with Crippen molar-refractivity contribution in [2.45, 2.75) is 20.8 Å². The second-order valence-electron chi connectivity index (χ2n) is 5.97. The molecule has 10 heteroatoms. The van der Waals surface area contributed by atoms with Crippen molar-refractivity contribution >= 4 is 29.3 Å². The zero-order chi connectivity index (χ0) is 22.3. The van der Waals surface area contributed by atoms with Gasteiger partial charge in [0.2, 0.25) is 11.8 Å². The number of primary amides is 1. The third-order valence-corrected chi connectivity index (χ3v) is 3.77. The number of carbonyl (C=O) groups is 4. The summed E-state index contributed by atoms with van der Waals surface area (Å²) in [4.78, 5) is 51.1. The summed E-state index contributed by atoms with van der Waals surface area (Å²) in [6, 6.07) is 6.68. The molecule has 156 valence electrons. The van der Waals surface area contributed by atoms with E-state index in [0.717, 1.165) is 6.26 Å². The molecule has 0 bridgehead atoms. The van der Waals surface area contributed by atoms with Crippen LogP contribution in [-0.4, -0.2) is 28.6 Å². The van der Waals surface area contributed by atoms with Gasteiger partial charge in [0, 0.05) is 18.2 Å². The van der Waals surface area contributed by atoms with Crippen LogP contribution in [0, 0.1) is 0 Å². The lowest BCUT2D eigenvalue weighted by Gasteiger charge is -2.10. The summed E-state index contributed by atoms with van der Waals surface area (Å²) in [5.41, 5.74) is 6.10. The Morgan fingerprint density at radius 1 is 1.00 bits per heavy atom. The number of rotatable bonds is 7. The molecule has 0 radical (unpaired) electrons. The molecule has 1 heterocycles. The van der Waals surface area contributed by atoms with Gasteiger partial charge in [-0.05, 0) is 38.1 Å². The van der Waals surface area contributed by atoms with Gasteiger partial charge in [-0.15, -0.1) is 0 Å². The number of carbonyl (C=O) groups excluding carboxylic acids is 4. The first-order valence-corrected chi connectivity index (χ1v) is 8.83. The largest absolute Gasteiger partial charge is 0.444 e. The number of amides is 4. The van der Waals surface area contributed by atoms with E-state index in [-0.39, 0.29) is 28.9 Å². The first-order valence-electron chi connectivity index (χ1n) is 8.83. The average molecular weight is 411 g/mol. The molecule has 2 aromatic rings. The van der Waals surface area contributed by atoms with Gasteiger partial charge in [0.15, 0.2) is 5.69 Å². The highest BCUT2D eigenvalue weighted by atomic mass is 16.3. The summed E-state index contributed by atoms with van der Waals surface area (Å²) >= 11 is 0. The number of nitrogens with zero attached hydrogens (tertiary/aromatic N) is 1. The normalized spacial score (nSPS) is 11.6. The molecule has 1 aromatic carbocycles. The summed E-state index contributed by atoms with van der Waals surface area (Å²) in [6.45, 7) is 4.48. The lowest BCUT2D eigenvalue weighted by molar-refractivity contribution is -0.120. The van der Waals surface area contributed by atoms with Crippen molar-refractivity contribution in [1.29, 1.82) is 0 Å². The molecule has 0 atom stereocenters. The van der Waals surface area contributed by atoms with E-state index < -0.39 is 17.7 Å². The molecule has 0 aliphatic carbocycles. The SMILES string of the molecule is CC=C(NC(=O)C(=CC)NC(=O)c1coc(-c2ccc(NC(C)=O)cc2)n1)C(N)=O. The fourth-order valence-electron chi connectivity index (χ4n) is 2.32. The number of allylic oxidation sites excluding steroid dienone is 2. The molecule has 0 saturated heterocycles. The highest BCUT2D eigenvalue weighted by Crippen LogP contribution is 2.21. The van der Waals surface area contributed by atoms with E-state index in [1.165, 1.54) is 26.0 Å². The van der Waals surface area contributed by atoms with Crippen LogP contribution in [0.1, 0.15) is 31.3 Å². The van der Waals surface area contributed by atoms with E-state index in [2.05, 4.69) is 20.9 Å². The third kappa shape index (κ3) is 5.64. The Morgan fingerprint density at radius 3 is 2.17 bits per heavy atom. The van der Waals surface area contributed by atoms with Crippen LogP contribution in [0.5, 0.6) is 0 Å². The first-order chi connectivity index (χ1) is 14.2. The average Bonchev–Trinajstić information content (AvgIpc) is 3.20. The molecule has 0 aliphatic heterocycles. The van der Waals surface area contributed by atoms with Crippen LogP contribution >= 0.6 is 0 Å². The maximum Gasteiger partial charge on any atom is 0.277 e. The van der Waals surface area contributed by atoms with E-state index in [9.17, 15) is 19.2 Å². The quantitative estimate of drug-likeness (QED) is 0.505. The zero-order valence-corrected chi connectivity index (χ0v) is 16.6. The number of hydrogen-bond donors (Lipinski definition) is 4. The number of aromatic nitrogens is 1. The zero-order valence-electron chi connectivity index (χ0n) is 16.6. The van der Waals surface area contributed by atoms with Crippen LogP contribution in [0.2, 0.25) is 0 Å². The molecule has 0 spiro atoms. The molecule has 0 saturated carbocycles. The molecule has 0 fully saturated rings. The molecule has 0 aliphatic rings. The number of oxazole rings is 1. The van der Waals surface area contributed by atoms with Crippen LogP contribution in [0.25, 0.3) is 11.5 Å². The minimum absolute atomic E-state index is 0.0516. The molecule has 30 heavy (non-hydrogen) atoms. The molecule has 2 rings (SSSR count). The lowest BCUT2D eigenvalue weighted by atomic mass is 10.2. The Bertz CT molecular complexity index is 1030. The van der Waals surface area contributed by atoms with Gasteiger partial charge >= 0.3 is 0 Å². The minimum atomic E-state index is -0.807. The van der Waals surface area contributed by atoms with Crippen molar-refractivity contribution in [3.05, 3.63) is 59.8 Å². The van der Waals surface area contributed by atoms with Crippen LogP contribution in [0.4, 0.5) is 5.69 Å². The number of hydrogen-bond acceptors (Lipinski definition) is 6. The van der Waals surface area contributed by atoms with Gasteiger partial charge in [0.25, 0.3) is 17.7 Å². The van der Waals surface area contributed by atoms with Crippen molar-refractivity contribution in [3.8, 4) is 11.5 Å². The topological polar surface area (TPSA) is 156 Å². The fourth-order valence-corrected chi connectivity index (χ4v) is 2.32. The highest BCUT2D eigenvalue weighted by molar-refractivity contribution is 6.05. The predicted octanol–water partition coefficient (Wildman–Crippen LogP) is 1.44. The van der Waals surface area contributed by atoms with Gasteiger partial charge in [-0.3, -0.25) is 19.2 Å². The number of anilines is 1. The summed E-state index contributed by atoms with van der Waals surface area (Å²) in [5, 5.41) is 7.36. The fraction of sp³-hybridized carbons (Fsp3) is 0.150. The van der Waals surface area contributed by atoms with Crippen molar-refractivity contribution in [1.82, 2.24) is 15.6 Å². The van der Waals surface area contributed by atoms with Crippen molar-refractivity contribution in [2.75, 3.05) is 5.32 Å². The molecule has 5 N–H and O–H groups in total. The van der Waals surface area contributed by atoms with Gasteiger partial charge < -0.3 is 26.1 Å². The van der Waals surface area contributed by atoms with Crippen LogP contribution < -0.4 is 21.7 Å². The van der Waals surface area contributed by atoms with Crippen LogP contribution in [-0.2, 0) is 14.4 Å². The van der Waals surface area contributed by atoms with Gasteiger partial charge in [-0.25, -0.2) is 4.98 Å². The summed E-state index contributed by atoms with van der Waals surface area (Å²) in [6.07, 6.45) is 3.86. The summed E-state index contributed by atoms with van der Waals surface area (Å²) < 4.78 is 5.33. The molecule has 0 unspecified atom stereocenters.